The number of thiazole rings is 1. The molecule has 0 aliphatic rings. The Labute approximate surface area is 162 Å². The number of methoxy groups -OCH3 is 1. The summed E-state index contributed by atoms with van der Waals surface area (Å²) in [5, 5.41) is 11.1. The minimum absolute atomic E-state index is 0.0671. The molecule has 0 fully saturated rings. The number of benzene rings is 1. The highest BCUT2D eigenvalue weighted by Crippen LogP contribution is 2.52. The largest absolute Gasteiger partial charge is 0.496 e. The molecule has 0 bridgehead atoms. The highest BCUT2D eigenvalue weighted by Gasteiger charge is 2.73. The number of ether oxygens (including phenoxy) is 1. The third-order valence-electron chi connectivity index (χ3n) is 3.57. The van der Waals surface area contributed by atoms with E-state index in [9.17, 15) is 36.2 Å². The van der Waals surface area contributed by atoms with Crippen LogP contribution >= 0.6 is 22.9 Å². The Bertz CT molecular complexity index is 883. The number of nitrogens with zero attached hydrogens (tertiary/aromatic N) is 1. The van der Waals surface area contributed by atoms with Crippen molar-refractivity contribution in [2.45, 2.75) is 24.9 Å². The summed E-state index contributed by atoms with van der Waals surface area (Å²) in [6.45, 7) is 0.851. The van der Waals surface area contributed by atoms with Crippen molar-refractivity contribution in [1.82, 2.24) is 4.98 Å². The number of aryl methyl sites for hydroxylation is 1. The summed E-state index contributed by atoms with van der Waals surface area (Å²) in [5.41, 5.74) is -5.99. The molecule has 0 aliphatic heterocycles. The van der Waals surface area contributed by atoms with Crippen LogP contribution in [-0.2, 0) is 5.60 Å². The molecule has 5 nitrogen and oxygen atoms in total. The van der Waals surface area contributed by atoms with Gasteiger partial charge in [-0.15, -0.1) is 0 Å². The number of hydrogen-bond donors (Lipinski definition) is 2. The van der Waals surface area contributed by atoms with Gasteiger partial charge in [0.2, 0.25) is 0 Å². The quantitative estimate of drug-likeness (QED) is 0.666. The van der Waals surface area contributed by atoms with Gasteiger partial charge in [0.15, 0.2) is 5.13 Å². The van der Waals surface area contributed by atoms with Gasteiger partial charge in [-0.1, -0.05) is 22.9 Å². The molecule has 2 N–H and O–H groups in total. The van der Waals surface area contributed by atoms with Crippen LogP contribution in [-0.4, -0.2) is 35.5 Å². The van der Waals surface area contributed by atoms with Crippen molar-refractivity contribution in [1.29, 1.82) is 0 Å². The van der Waals surface area contributed by atoms with E-state index < -0.39 is 39.6 Å². The summed E-state index contributed by atoms with van der Waals surface area (Å²) in [6.07, 6.45) is -12.1. The van der Waals surface area contributed by atoms with Crippen LogP contribution < -0.4 is 10.1 Å². The Balaban J connectivity index is 2.45. The van der Waals surface area contributed by atoms with Gasteiger partial charge < -0.3 is 9.84 Å². The van der Waals surface area contributed by atoms with E-state index in [4.69, 9.17) is 16.3 Å². The minimum atomic E-state index is -6.06. The van der Waals surface area contributed by atoms with Gasteiger partial charge in [0, 0.05) is 5.02 Å². The molecule has 1 heterocycles. The van der Waals surface area contributed by atoms with Gasteiger partial charge in [-0.25, -0.2) is 4.98 Å². The van der Waals surface area contributed by atoms with E-state index in [0.717, 1.165) is 6.92 Å². The van der Waals surface area contributed by atoms with Crippen LogP contribution in [0, 0.1) is 6.92 Å². The predicted molar refractivity (Wildman–Crippen MR) is 88.8 cm³/mol. The monoisotopic (exact) mass is 448 g/mol. The molecular formula is C15H11ClF6N2O3S. The minimum Gasteiger partial charge on any atom is -0.496 e. The Morgan fingerprint density at radius 1 is 1.21 bits per heavy atom. The van der Waals surface area contributed by atoms with E-state index in [1.807, 2.05) is 0 Å². The molecule has 0 saturated carbocycles. The molecule has 2 rings (SSSR count). The van der Waals surface area contributed by atoms with E-state index in [1.54, 1.807) is 0 Å². The third kappa shape index (κ3) is 3.89. The summed E-state index contributed by atoms with van der Waals surface area (Å²) in [5.74, 6) is -0.861. The molecular weight excluding hydrogens is 438 g/mol. The first-order chi connectivity index (χ1) is 12.7. The standard InChI is InChI=1S/C15H11ClF6N2O3S/c1-6-10(13(26,14(17,18)19)15(20,21)22)28-12(23-6)24-11(25)8-5-7(16)3-4-9(8)27-2/h3-5,26H,1-2H3,(H,23,24,25). The number of hydrogen-bond acceptors (Lipinski definition) is 5. The fraction of sp³-hybridized carbons (Fsp3) is 0.333. The molecule has 154 valence electrons. The number of halogens is 7. The van der Waals surface area contributed by atoms with Crippen LogP contribution in [0.25, 0.3) is 0 Å². The number of amides is 1. The molecule has 13 heteroatoms. The summed E-state index contributed by atoms with van der Waals surface area (Å²) in [4.78, 5) is 14.3. The second-order valence-electron chi connectivity index (χ2n) is 5.44. The van der Waals surface area contributed by atoms with E-state index in [2.05, 4.69) is 10.3 Å². The highest BCUT2D eigenvalue weighted by atomic mass is 35.5. The lowest BCUT2D eigenvalue weighted by Gasteiger charge is -2.31. The fourth-order valence-electron chi connectivity index (χ4n) is 2.23. The van der Waals surface area contributed by atoms with Crippen molar-refractivity contribution < 1.29 is 41.0 Å². The molecule has 0 atom stereocenters. The Kier molecular flexibility index (Phi) is 5.89. The van der Waals surface area contributed by atoms with Crippen LogP contribution in [0.5, 0.6) is 5.75 Å². The molecule has 1 aromatic carbocycles. The Hall–Kier alpha value is -2.05. The second-order valence-corrected chi connectivity index (χ2v) is 6.87. The van der Waals surface area contributed by atoms with Crippen LogP contribution in [0.4, 0.5) is 31.5 Å². The predicted octanol–water partition coefficient (Wildman–Crippen LogP) is 4.68. The topological polar surface area (TPSA) is 71.5 Å². The second kappa shape index (κ2) is 7.41. The van der Waals surface area contributed by atoms with Crippen LogP contribution in [0.2, 0.25) is 5.02 Å². The van der Waals surface area contributed by atoms with E-state index in [0.29, 0.717) is 0 Å². The molecule has 2 aromatic rings. The first kappa shape index (κ1) is 22.2. The maximum Gasteiger partial charge on any atom is 0.431 e. The van der Waals surface area contributed by atoms with Crippen molar-refractivity contribution in [2.24, 2.45) is 0 Å². The number of carbonyl (C=O) groups excluding carboxylic acids is 1. The van der Waals surface area contributed by atoms with Crippen LogP contribution in [0.1, 0.15) is 20.9 Å². The number of alkyl halides is 6. The summed E-state index contributed by atoms with van der Waals surface area (Å²) in [7, 11) is 1.25. The zero-order chi connectivity index (χ0) is 21.5. The van der Waals surface area contributed by atoms with Gasteiger partial charge in [-0.05, 0) is 25.1 Å². The molecule has 0 aliphatic carbocycles. The summed E-state index contributed by atoms with van der Waals surface area (Å²) in [6, 6.07) is 3.95. The van der Waals surface area contributed by atoms with Gasteiger partial charge in [0.25, 0.3) is 11.5 Å². The molecule has 1 aromatic heterocycles. The summed E-state index contributed by atoms with van der Waals surface area (Å²) >= 11 is 5.63. The lowest BCUT2D eigenvalue weighted by atomic mass is 9.99. The Morgan fingerprint density at radius 2 is 1.79 bits per heavy atom. The highest BCUT2D eigenvalue weighted by molar-refractivity contribution is 7.16. The molecule has 28 heavy (non-hydrogen) atoms. The van der Waals surface area contributed by atoms with Crippen molar-refractivity contribution in [3.05, 3.63) is 39.4 Å². The molecule has 1 amide bonds. The van der Waals surface area contributed by atoms with E-state index in [-0.39, 0.29) is 27.7 Å². The van der Waals surface area contributed by atoms with Gasteiger partial charge >= 0.3 is 12.4 Å². The molecule has 0 unspecified atom stereocenters. The number of carbonyl (C=O) groups is 1. The average molecular weight is 449 g/mol. The fourth-order valence-corrected chi connectivity index (χ4v) is 3.49. The van der Waals surface area contributed by atoms with Crippen molar-refractivity contribution >= 4 is 34.0 Å². The molecule has 0 saturated heterocycles. The maximum absolute atomic E-state index is 13.0. The Morgan fingerprint density at radius 3 is 2.29 bits per heavy atom. The zero-order valence-electron chi connectivity index (χ0n) is 14.0. The number of aromatic nitrogens is 1. The number of rotatable bonds is 4. The number of aliphatic hydroxyl groups is 1. The van der Waals surface area contributed by atoms with Crippen LogP contribution in [0.3, 0.4) is 0 Å². The first-order valence-electron chi connectivity index (χ1n) is 7.21. The van der Waals surface area contributed by atoms with Gasteiger partial charge in [0.05, 0.1) is 23.2 Å². The first-order valence-corrected chi connectivity index (χ1v) is 8.40. The number of nitrogens with one attached hydrogen (secondary N) is 1. The van der Waals surface area contributed by atoms with Crippen molar-refractivity contribution in [3.8, 4) is 5.75 Å². The third-order valence-corrected chi connectivity index (χ3v) is 4.99. The van der Waals surface area contributed by atoms with Crippen LogP contribution in [0.15, 0.2) is 18.2 Å². The normalized spacial score (nSPS) is 12.8. The number of anilines is 1. The SMILES string of the molecule is COc1ccc(Cl)cc1C(=O)Nc1nc(C)c(C(O)(C(F)(F)F)C(F)(F)F)s1. The smallest absolute Gasteiger partial charge is 0.431 e. The van der Waals surface area contributed by atoms with Gasteiger partial charge in [-0.2, -0.15) is 26.3 Å². The lowest BCUT2D eigenvalue weighted by Crippen LogP contribution is -2.53. The van der Waals surface area contributed by atoms with E-state index >= 15 is 0 Å². The van der Waals surface area contributed by atoms with Crippen molar-refractivity contribution in [2.75, 3.05) is 12.4 Å². The van der Waals surface area contributed by atoms with Gasteiger partial charge in [-0.3, -0.25) is 10.1 Å². The zero-order valence-corrected chi connectivity index (χ0v) is 15.6. The van der Waals surface area contributed by atoms with E-state index in [1.165, 1.54) is 25.3 Å². The molecule has 0 spiro atoms. The average Bonchev–Trinajstić information content (AvgIpc) is 2.92. The maximum atomic E-state index is 13.0. The molecule has 0 radical (unpaired) electrons. The summed E-state index contributed by atoms with van der Waals surface area (Å²) < 4.78 is 83.2. The lowest BCUT2D eigenvalue weighted by molar-refractivity contribution is -0.375. The van der Waals surface area contributed by atoms with Crippen molar-refractivity contribution in [3.63, 3.8) is 0 Å². The van der Waals surface area contributed by atoms with Gasteiger partial charge in [0.1, 0.15) is 5.75 Å².